The molecule has 0 amide bonds. The summed E-state index contributed by atoms with van der Waals surface area (Å²) in [7, 11) is 0. The first-order valence-corrected chi connectivity index (χ1v) is 7.50. The van der Waals surface area contributed by atoms with Crippen LogP contribution >= 0.6 is 0 Å². The lowest BCUT2D eigenvalue weighted by molar-refractivity contribution is 0.324. The van der Waals surface area contributed by atoms with Crippen LogP contribution in [0.15, 0.2) is 12.3 Å². The summed E-state index contributed by atoms with van der Waals surface area (Å²) in [6.45, 7) is 5.06. The zero-order valence-corrected chi connectivity index (χ0v) is 11.3. The first kappa shape index (κ1) is 12.2. The van der Waals surface area contributed by atoms with Crippen molar-refractivity contribution in [2.75, 3.05) is 19.6 Å². The number of aromatic nitrogens is 1. The molecule has 2 heterocycles. The monoisotopic (exact) mass is 247 g/mol. The van der Waals surface area contributed by atoms with Gasteiger partial charge < -0.3 is 15.2 Å². The molecular formula is C15H25N3. The van der Waals surface area contributed by atoms with Crippen LogP contribution in [0.3, 0.4) is 0 Å². The first-order chi connectivity index (χ1) is 8.84. The van der Waals surface area contributed by atoms with Crippen LogP contribution in [-0.4, -0.2) is 29.1 Å². The molecule has 1 aromatic rings. The molecule has 1 unspecified atom stereocenters. The molecule has 0 aromatic carbocycles. The van der Waals surface area contributed by atoms with Gasteiger partial charge in [-0.3, -0.25) is 0 Å². The number of aryl methyl sites for hydroxylation is 1. The molecule has 1 saturated heterocycles. The molecule has 1 atom stereocenters. The lowest BCUT2D eigenvalue weighted by atomic mass is 9.94. The molecule has 1 aliphatic heterocycles. The van der Waals surface area contributed by atoms with Gasteiger partial charge in [-0.1, -0.05) is 0 Å². The highest BCUT2D eigenvalue weighted by molar-refractivity contribution is 5.28. The number of hydrogen-bond donors (Lipinski definition) is 1. The van der Waals surface area contributed by atoms with E-state index < -0.39 is 0 Å². The summed E-state index contributed by atoms with van der Waals surface area (Å²) in [5.74, 6) is 0. The van der Waals surface area contributed by atoms with E-state index in [4.69, 9.17) is 5.73 Å². The second-order valence-corrected chi connectivity index (χ2v) is 5.81. The van der Waals surface area contributed by atoms with E-state index in [1.807, 2.05) is 0 Å². The van der Waals surface area contributed by atoms with Gasteiger partial charge in [-0.05, 0) is 69.8 Å². The standard InChI is InChI=1S/C15H25N3/c16-14-5-3-6-15-13(14)7-12-18(15)11-4-10-17-8-1-2-9-17/h7,12,14H,1-6,8-11,16H2. The van der Waals surface area contributed by atoms with E-state index in [-0.39, 0.29) is 6.04 Å². The Hall–Kier alpha value is -0.800. The number of hydrogen-bond acceptors (Lipinski definition) is 2. The average molecular weight is 247 g/mol. The van der Waals surface area contributed by atoms with Gasteiger partial charge >= 0.3 is 0 Å². The molecule has 0 radical (unpaired) electrons. The number of fused-ring (bicyclic) bond motifs is 1. The normalized spacial score (nSPS) is 24.4. The van der Waals surface area contributed by atoms with Gasteiger partial charge in [0, 0.05) is 24.5 Å². The predicted molar refractivity (Wildman–Crippen MR) is 74.6 cm³/mol. The van der Waals surface area contributed by atoms with Crippen LogP contribution in [0.5, 0.6) is 0 Å². The predicted octanol–water partition coefficient (Wildman–Crippen LogP) is 2.31. The Kier molecular flexibility index (Phi) is 3.71. The van der Waals surface area contributed by atoms with Crippen molar-refractivity contribution in [2.24, 2.45) is 5.73 Å². The van der Waals surface area contributed by atoms with Gasteiger partial charge in [0.05, 0.1) is 0 Å². The molecule has 0 saturated carbocycles. The first-order valence-electron chi connectivity index (χ1n) is 7.50. The fourth-order valence-corrected chi connectivity index (χ4v) is 3.47. The van der Waals surface area contributed by atoms with E-state index in [2.05, 4.69) is 21.7 Å². The van der Waals surface area contributed by atoms with E-state index in [0.717, 1.165) is 6.42 Å². The van der Waals surface area contributed by atoms with Crippen LogP contribution in [0.4, 0.5) is 0 Å². The SMILES string of the molecule is NC1CCCc2c1ccn2CCCN1CCCC1. The van der Waals surface area contributed by atoms with Crippen molar-refractivity contribution in [3.8, 4) is 0 Å². The summed E-state index contributed by atoms with van der Waals surface area (Å²) >= 11 is 0. The summed E-state index contributed by atoms with van der Waals surface area (Å²) in [5, 5.41) is 0. The lowest BCUT2D eigenvalue weighted by Crippen LogP contribution is -2.22. The van der Waals surface area contributed by atoms with Gasteiger partial charge in [0.15, 0.2) is 0 Å². The molecular weight excluding hydrogens is 222 g/mol. The number of nitrogens with two attached hydrogens (primary N) is 1. The number of likely N-dealkylation sites (tertiary alicyclic amines) is 1. The Bertz CT molecular complexity index is 390. The van der Waals surface area contributed by atoms with Crippen LogP contribution < -0.4 is 5.73 Å². The van der Waals surface area contributed by atoms with Crippen molar-refractivity contribution in [1.29, 1.82) is 0 Å². The highest BCUT2D eigenvalue weighted by Gasteiger charge is 2.20. The van der Waals surface area contributed by atoms with Crippen LogP contribution in [0.1, 0.15) is 49.4 Å². The van der Waals surface area contributed by atoms with E-state index in [9.17, 15) is 0 Å². The van der Waals surface area contributed by atoms with Gasteiger partial charge in [0.1, 0.15) is 0 Å². The second kappa shape index (κ2) is 5.45. The molecule has 1 aromatic heterocycles. The van der Waals surface area contributed by atoms with Crippen LogP contribution in [0, 0.1) is 0 Å². The third-order valence-corrected chi connectivity index (χ3v) is 4.51. The van der Waals surface area contributed by atoms with Gasteiger partial charge in [0.2, 0.25) is 0 Å². The zero-order valence-electron chi connectivity index (χ0n) is 11.3. The molecule has 3 nitrogen and oxygen atoms in total. The van der Waals surface area contributed by atoms with Crippen molar-refractivity contribution in [1.82, 2.24) is 9.47 Å². The Labute approximate surface area is 110 Å². The average Bonchev–Trinajstić information content (AvgIpc) is 3.00. The van der Waals surface area contributed by atoms with Crippen molar-refractivity contribution < 1.29 is 0 Å². The molecule has 0 bridgehead atoms. The summed E-state index contributed by atoms with van der Waals surface area (Å²) in [5.41, 5.74) is 9.08. The van der Waals surface area contributed by atoms with Crippen molar-refractivity contribution in [3.63, 3.8) is 0 Å². The summed E-state index contributed by atoms with van der Waals surface area (Å²) in [6.07, 6.45) is 9.95. The summed E-state index contributed by atoms with van der Waals surface area (Å²) in [6, 6.07) is 2.53. The lowest BCUT2D eigenvalue weighted by Gasteiger charge is -2.21. The summed E-state index contributed by atoms with van der Waals surface area (Å²) in [4.78, 5) is 2.60. The van der Waals surface area contributed by atoms with Gasteiger partial charge in [-0.25, -0.2) is 0 Å². The van der Waals surface area contributed by atoms with Crippen molar-refractivity contribution in [3.05, 3.63) is 23.5 Å². The minimum Gasteiger partial charge on any atom is -0.351 e. The zero-order chi connectivity index (χ0) is 12.4. The second-order valence-electron chi connectivity index (χ2n) is 5.81. The Morgan fingerprint density at radius 3 is 2.83 bits per heavy atom. The number of nitrogens with zero attached hydrogens (tertiary/aromatic N) is 2. The fraction of sp³-hybridized carbons (Fsp3) is 0.733. The minimum absolute atomic E-state index is 0.286. The van der Waals surface area contributed by atoms with E-state index in [1.54, 1.807) is 0 Å². The highest BCUT2D eigenvalue weighted by Crippen LogP contribution is 2.28. The summed E-state index contributed by atoms with van der Waals surface area (Å²) < 4.78 is 2.45. The third kappa shape index (κ3) is 2.47. The molecule has 2 aliphatic rings. The minimum atomic E-state index is 0.286. The van der Waals surface area contributed by atoms with Crippen LogP contribution in [0.25, 0.3) is 0 Å². The Morgan fingerprint density at radius 2 is 2.00 bits per heavy atom. The molecule has 100 valence electrons. The molecule has 1 fully saturated rings. The smallest absolute Gasteiger partial charge is 0.0312 e. The van der Waals surface area contributed by atoms with Gasteiger partial charge in [-0.2, -0.15) is 0 Å². The maximum absolute atomic E-state index is 6.17. The van der Waals surface area contributed by atoms with Crippen molar-refractivity contribution in [2.45, 2.75) is 51.1 Å². The van der Waals surface area contributed by atoms with Crippen LogP contribution in [-0.2, 0) is 13.0 Å². The topological polar surface area (TPSA) is 34.2 Å². The Morgan fingerprint density at radius 1 is 1.17 bits per heavy atom. The largest absolute Gasteiger partial charge is 0.351 e. The molecule has 1 aliphatic carbocycles. The van der Waals surface area contributed by atoms with E-state index >= 15 is 0 Å². The van der Waals surface area contributed by atoms with Crippen LogP contribution in [0.2, 0.25) is 0 Å². The van der Waals surface area contributed by atoms with Gasteiger partial charge in [-0.15, -0.1) is 0 Å². The third-order valence-electron chi connectivity index (χ3n) is 4.51. The maximum atomic E-state index is 6.17. The quantitative estimate of drug-likeness (QED) is 0.886. The molecule has 3 heteroatoms. The highest BCUT2D eigenvalue weighted by atomic mass is 15.1. The molecule has 18 heavy (non-hydrogen) atoms. The number of rotatable bonds is 4. The van der Waals surface area contributed by atoms with Crippen molar-refractivity contribution >= 4 is 0 Å². The van der Waals surface area contributed by atoms with E-state index in [1.165, 1.54) is 69.5 Å². The molecule has 0 spiro atoms. The Balaban J connectivity index is 1.56. The molecule has 3 rings (SSSR count). The van der Waals surface area contributed by atoms with E-state index in [0.29, 0.717) is 0 Å². The van der Waals surface area contributed by atoms with Gasteiger partial charge in [0.25, 0.3) is 0 Å². The molecule has 2 N–H and O–H groups in total. The maximum Gasteiger partial charge on any atom is 0.0312 e. The fourth-order valence-electron chi connectivity index (χ4n) is 3.47.